The Morgan fingerprint density at radius 2 is 2.16 bits per heavy atom. The van der Waals surface area contributed by atoms with E-state index in [2.05, 4.69) is 5.32 Å². The summed E-state index contributed by atoms with van der Waals surface area (Å²) in [7, 11) is -1.49. The van der Waals surface area contributed by atoms with E-state index in [0.717, 1.165) is 24.8 Å². The summed E-state index contributed by atoms with van der Waals surface area (Å²) < 4.78 is 27.0. The van der Waals surface area contributed by atoms with Gasteiger partial charge in [0.25, 0.3) is 0 Å². The number of piperidine rings is 1. The lowest BCUT2D eigenvalue weighted by atomic mass is 10.1. The highest BCUT2D eigenvalue weighted by atomic mass is 32.2. The van der Waals surface area contributed by atoms with Gasteiger partial charge in [-0.05, 0) is 44.5 Å². The van der Waals surface area contributed by atoms with Crippen molar-refractivity contribution in [2.75, 3.05) is 13.6 Å². The first-order chi connectivity index (χ1) is 9.05. The molecule has 1 aromatic carbocycles. The predicted molar refractivity (Wildman–Crippen MR) is 76.4 cm³/mol. The first-order valence-electron chi connectivity index (χ1n) is 6.81. The average molecular weight is 282 g/mol. The zero-order valence-electron chi connectivity index (χ0n) is 11.6. The van der Waals surface area contributed by atoms with Crippen molar-refractivity contribution < 1.29 is 8.42 Å². The topological polar surface area (TPSA) is 49.4 Å². The number of rotatable bonds is 4. The fraction of sp³-hybridized carbons (Fsp3) is 0.571. The quantitative estimate of drug-likeness (QED) is 0.918. The van der Waals surface area contributed by atoms with E-state index >= 15 is 0 Å². The number of sulfonamides is 1. The minimum atomic E-state index is -3.35. The zero-order chi connectivity index (χ0) is 13.9. The van der Waals surface area contributed by atoms with Gasteiger partial charge in [-0.25, -0.2) is 8.42 Å². The lowest BCUT2D eigenvalue weighted by Crippen LogP contribution is -2.41. The van der Waals surface area contributed by atoms with Crippen molar-refractivity contribution >= 4 is 10.0 Å². The van der Waals surface area contributed by atoms with Gasteiger partial charge in [-0.2, -0.15) is 4.31 Å². The van der Waals surface area contributed by atoms with Gasteiger partial charge in [0.2, 0.25) is 10.0 Å². The molecule has 0 saturated carbocycles. The van der Waals surface area contributed by atoms with Gasteiger partial charge in [-0.1, -0.05) is 18.6 Å². The van der Waals surface area contributed by atoms with E-state index in [1.54, 1.807) is 16.4 Å². The second kappa shape index (κ2) is 6.03. The Balaban J connectivity index is 2.30. The van der Waals surface area contributed by atoms with Crippen LogP contribution in [-0.4, -0.2) is 32.4 Å². The number of nitrogens with one attached hydrogen (secondary N) is 1. The molecule has 19 heavy (non-hydrogen) atoms. The van der Waals surface area contributed by atoms with Gasteiger partial charge in [-0.15, -0.1) is 0 Å². The summed E-state index contributed by atoms with van der Waals surface area (Å²) in [5, 5.41) is 3.04. The number of nitrogens with zero attached hydrogens (tertiary/aromatic N) is 1. The Hall–Kier alpha value is -0.910. The number of hydrogen-bond donors (Lipinski definition) is 1. The third-order valence-electron chi connectivity index (χ3n) is 3.63. The van der Waals surface area contributed by atoms with Crippen LogP contribution in [0.3, 0.4) is 0 Å². The van der Waals surface area contributed by atoms with Gasteiger partial charge in [0.05, 0.1) is 4.90 Å². The third-order valence-corrected chi connectivity index (χ3v) is 5.64. The molecule has 0 aromatic heterocycles. The maximum atomic E-state index is 12.7. The van der Waals surface area contributed by atoms with E-state index in [1.807, 2.05) is 26.1 Å². The second-order valence-electron chi connectivity index (χ2n) is 5.14. The van der Waals surface area contributed by atoms with Crippen LogP contribution in [0, 0.1) is 0 Å². The minimum Gasteiger partial charge on any atom is -0.316 e. The highest BCUT2D eigenvalue weighted by Crippen LogP contribution is 2.25. The van der Waals surface area contributed by atoms with Gasteiger partial charge in [-0.3, -0.25) is 0 Å². The molecule has 1 aliphatic heterocycles. The van der Waals surface area contributed by atoms with Gasteiger partial charge in [0.1, 0.15) is 0 Å². The van der Waals surface area contributed by atoms with E-state index in [0.29, 0.717) is 18.0 Å². The van der Waals surface area contributed by atoms with Crippen LogP contribution in [0.1, 0.15) is 31.7 Å². The molecule has 1 atom stereocenters. The van der Waals surface area contributed by atoms with Gasteiger partial charge in [0, 0.05) is 19.1 Å². The van der Waals surface area contributed by atoms with Crippen LogP contribution in [0.2, 0.25) is 0 Å². The van der Waals surface area contributed by atoms with Crippen LogP contribution in [0.4, 0.5) is 0 Å². The van der Waals surface area contributed by atoms with Crippen molar-refractivity contribution in [3.63, 3.8) is 0 Å². The first kappa shape index (κ1) is 14.5. The van der Waals surface area contributed by atoms with Gasteiger partial charge < -0.3 is 5.32 Å². The highest BCUT2D eigenvalue weighted by Gasteiger charge is 2.30. The SMILES string of the molecule is CNCc1cccc(S(=O)(=O)N2CCCCC2C)c1. The summed E-state index contributed by atoms with van der Waals surface area (Å²) in [5.41, 5.74) is 0.994. The second-order valence-corrected chi connectivity index (χ2v) is 7.03. The molecule has 2 rings (SSSR count). The molecule has 0 amide bonds. The molecule has 0 radical (unpaired) electrons. The molecule has 1 aliphatic rings. The molecule has 0 aliphatic carbocycles. The zero-order valence-corrected chi connectivity index (χ0v) is 12.4. The Morgan fingerprint density at radius 3 is 2.84 bits per heavy atom. The fourth-order valence-corrected chi connectivity index (χ4v) is 4.35. The molecule has 1 unspecified atom stereocenters. The van der Waals surface area contributed by atoms with Crippen molar-refractivity contribution in [2.45, 2.75) is 43.7 Å². The normalized spacial score (nSPS) is 21.5. The summed E-state index contributed by atoms with van der Waals surface area (Å²) in [6.45, 7) is 3.31. The summed E-state index contributed by atoms with van der Waals surface area (Å²) in [6, 6.07) is 7.32. The Morgan fingerprint density at radius 1 is 1.37 bits per heavy atom. The Kier molecular flexibility index (Phi) is 4.60. The molecule has 5 heteroatoms. The Labute approximate surface area is 115 Å². The molecular formula is C14H22N2O2S. The standard InChI is InChI=1S/C14H22N2O2S/c1-12-6-3-4-9-16(12)19(17,18)14-8-5-7-13(10-14)11-15-2/h5,7-8,10,12,15H,3-4,6,9,11H2,1-2H3. The monoisotopic (exact) mass is 282 g/mol. The van der Waals surface area contributed by atoms with Crippen LogP contribution < -0.4 is 5.32 Å². The van der Waals surface area contributed by atoms with Crippen LogP contribution in [0.25, 0.3) is 0 Å². The molecule has 1 fully saturated rings. The fourth-order valence-electron chi connectivity index (χ4n) is 2.58. The lowest BCUT2D eigenvalue weighted by Gasteiger charge is -2.32. The van der Waals surface area contributed by atoms with E-state index in [4.69, 9.17) is 0 Å². The first-order valence-corrected chi connectivity index (χ1v) is 8.25. The average Bonchev–Trinajstić information content (AvgIpc) is 2.40. The van der Waals surface area contributed by atoms with E-state index in [1.165, 1.54) is 0 Å². The van der Waals surface area contributed by atoms with Crippen LogP contribution >= 0.6 is 0 Å². The number of benzene rings is 1. The molecule has 1 aromatic rings. The summed E-state index contributed by atoms with van der Waals surface area (Å²) in [4.78, 5) is 0.411. The van der Waals surface area contributed by atoms with Crippen LogP contribution in [0.15, 0.2) is 29.2 Å². The van der Waals surface area contributed by atoms with Crippen LogP contribution in [0.5, 0.6) is 0 Å². The largest absolute Gasteiger partial charge is 0.316 e. The molecule has 0 spiro atoms. The molecule has 1 saturated heterocycles. The molecule has 106 valence electrons. The smallest absolute Gasteiger partial charge is 0.243 e. The molecule has 4 nitrogen and oxygen atoms in total. The van der Waals surface area contributed by atoms with Crippen molar-refractivity contribution in [1.82, 2.24) is 9.62 Å². The van der Waals surface area contributed by atoms with Crippen LogP contribution in [-0.2, 0) is 16.6 Å². The minimum absolute atomic E-state index is 0.103. The molecule has 1 heterocycles. The van der Waals surface area contributed by atoms with Gasteiger partial charge >= 0.3 is 0 Å². The van der Waals surface area contributed by atoms with E-state index in [-0.39, 0.29) is 6.04 Å². The highest BCUT2D eigenvalue weighted by molar-refractivity contribution is 7.89. The maximum Gasteiger partial charge on any atom is 0.243 e. The Bertz CT molecular complexity index is 528. The summed E-state index contributed by atoms with van der Waals surface area (Å²) >= 11 is 0. The summed E-state index contributed by atoms with van der Waals surface area (Å²) in [6.07, 6.45) is 3.03. The maximum absolute atomic E-state index is 12.7. The number of hydrogen-bond acceptors (Lipinski definition) is 3. The molecule has 0 bridgehead atoms. The summed E-state index contributed by atoms with van der Waals surface area (Å²) in [5.74, 6) is 0. The van der Waals surface area contributed by atoms with Crippen molar-refractivity contribution in [1.29, 1.82) is 0 Å². The molecular weight excluding hydrogens is 260 g/mol. The lowest BCUT2D eigenvalue weighted by molar-refractivity contribution is 0.268. The van der Waals surface area contributed by atoms with E-state index in [9.17, 15) is 8.42 Å². The predicted octanol–water partition coefficient (Wildman–Crippen LogP) is 1.97. The molecule has 1 N–H and O–H groups in total. The van der Waals surface area contributed by atoms with Crippen molar-refractivity contribution in [2.24, 2.45) is 0 Å². The van der Waals surface area contributed by atoms with Gasteiger partial charge in [0.15, 0.2) is 0 Å². The van der Waals surface area contributed by atoms with E-state index < -0.39 is 10.0 Å². The van der Waals surface area contributed by atoms with Crippen molar-refractivity contribution in [3.8, 4) is 0 Å². The third kappa shape index (κ3) is 3.16. The van der Waals surface area contributed by atoms with Crippen molar-refractivity contribution in [3.05, 3.63) is 29.8 Å².